The molecule has 1 N–H and O–H groups in total. The van der Waals surface area contributed by atoms with E-state index in [1.165, 1.54) is 11.5 Å². The molecular formula is C24H27N3O3S. The fourth-order valence-corrected chi connectivity index (χ4v) is 5.11. The molecule has 31 heavy (non-hydrogen) atoms. The summed E-state index contributed by atoms with van der Waals surface area (Å²) in [7, 11) is 0. The lowest BCUT2D eigenvalue weighted by atomic mass is 9.83. The van der Waals surface area contributed by atoms with Crippen molar-refractivity contribution in [2.75, 3.05) is 6.54 Å². The summed E-state index contributed by atoms with van der Waals surface area (Å²) >= 11 is 1.42. The SMILES string of the molecule is Cc1ccc(C(=O)N2C=C(C(=O)OC(C)C)c3[nH]c4c(C)nsc4c3C(C)(C)C2)cc1. The number of aromatic amines is 1. The summed E-state index contributed by atoms with van der Waals surface area (Å²) in [4.78, 5) is 31.5. The molecule has 0 aliphatic carbocycles. The third kappa shape index (κ3) is 3.78. The number of amides is 1. The van der Waals surface area contributed by atoms with Crippen LogP contribution in [0, 0.1) is 13.8 Å². The van der Waals surface area contributed by atoms with Gasteiger partial charge in [0.25, 0.3) is 5.91 Å². The van der Waals surface area contributed by atoms with Crippen molar-refractivity contribution in [1.29, 1.82) is 0 Å². The molecular weight excluding hydrogens is 410 g/mol. The van der Waals surface area contributed by atoms with E-state index >= 15 is 0 Å². The molecule has 1 amide bonds. The van der Waals surface area contributed by atoms with Gasteiger partial charge in [0.1, 0.15) is 0 Å². The first kappa shape index (κ1) is 21.3. The maximum Gasteiger partial charge on any atom is 0.342 e. The molecule has 3 aromatic rings. The fourth-order valence-electron chi connectivity index (χ4n) is 4.03. The van der Waals surface area contributed by atoms with Crippen LogP contribution in [0.3, 0.4) is 0 Å². The molecule has 1 aliphatic heterocycles. The van der Waals surface area contributed by atoms with Crippen LogP contribution in [-0.4, -0.2) is 38.8 Å². The van der Waals surface area contributed by atoms with Gasteiger partial charge < -0.3 is 14.6 Å². The van der Waals surface area contributed by atoms with Crippen LogP contribution in [0.5, 0.6) is 0 Å². The number of carbonyl (C=O) groups is 2. The first-order chi connectivity index (χ1) is 14.6. The standard InChI is InChI=1S/C24H27N3O3S/c1-13(2)30-23(29)17-11-27(22(28)16-9-7-14(3)8-10-16)12-24(5,6)18-20(17)25-19-15(4)26-31-21(18)19/h7-11,13,25H,12H2,1-6H3. The third-order valence-electron chi connectivity index (χ3n) is 5.51. The van der Waals surface area contributed by atoms with E-state index in [-0.39, 0.29) is 12.0 Å². The van der Waals surface area contributed by atoms with Crippen molar-refractivity contribution in [2.24, 2.45) is 0 Å². The number of aromatic nitrogens is 2. The molecule has 7 heteroatoms. The lowest BCUT2D eigenvalue weighted by Gasteiger charge is -2.29. The number of nitrogens with zero attached hydrogens (tertiary/aromatic N) is 2. The topological polar surface area (TPSA) is 75.3 Å². The maximum atomic E-state index is 13.4. The van der Waals surface area contributed by atoms with Gasteiger partial charge in [-0.25, -0.2) is 4.79 Å². The molecule has 0 radical (unpaired) electrons. The van der Waals surface area contributed by atoms with Crippen LogP contribution < -0.4 is 0 Å². The minimum absolute atomic E-state index is 0.148. The molecule has 1 aromatic carbocycles. The second-order valence-corrected chi connectivity index (χ2v) is 9.80. The lowest BCUT2D eigenvalue weighted by Crippen LogP contribution is -2.36. The van der Waals surface area contributed by atoms with Gasteiger partial charge in [0.2, 0.25) is 0 Å². The molecule has 6 nitrogen and oxygen atoms in total. The van der Waals surface area contributed by atoms with Crippen LogP contribution in [0.15, 0.2) is 30.5 Å². The molecule has 3 heterocycles. The van der Waals surface area contributed by atoms with Gasteiger partial charge in [0.05, 0.1) is 33.3 Å². The van der Waals surface area contributed by atoms with E-state index in [1.807, 2.05) is 52.0 Å². The normalized spacial score (nSPS) is 15.6. The number of nitrogens with one attached hydrogen (secondary N) is 1. The Bertz CT molecular complexity index is 1200. The Kier molecular flexibility index (Phi) is 5.25. The number of carbonyl (C=O) groups excluding carboxylic acids is 2. The van der Waals surface area contributed by atoms with Crippen molar-refractivity contribution >= 4 is 39.2 Å². The Morgan fingerprint density at radius 2 is 1.87 bits per heavy atom. The highest BCUT2D eigenvalue weighted by Crippen LogP contribution is 2.42. The number of esters is 1. The number of aryl methyl sites for hydroxylation is 2. The summed E-state index contributed by atoms with van der Waals surface area (Å²) in [6, 6.07) is 7.47. The predicted octanol–water partition coefficient (Wildman–Crippen LogP) is 4.97. The van der Waals surface area contributed by atoms with E-state index in [1.54, 1.807) is 11.1 Å². The summed E-state index contributed by atoms with van der Waals surface area (Å²) in [5.74, 6) is -0.597. The van der Waals surface area contributed by atoms with Crippen molar-refractivity contribution in [3.63, 3.8) is 0 Å². The highest BCUT2D eigenvalue weighted by molar-refractivity contribution is 7.13. The van der Waals surface area contributed by atoms with Crippen LogP contribution >= 0.6 is 11.5 Å². The molecule has 1 aliphatic rings. The summed E-state index contributed by atoms with van der Waals surface area (Å²) in [5.41, 5.74) is 5.15. The van der Waals surface area contributed by atoms with Crippen LogP contribution in [0.4, 0.5) is 0 Å². The number of fused-ring (bicyclic) bond motifs is 3. The van der Waals surface area contributed by atoms with E-state index in [4.69, 9.17) is 4.74 Å². The van der Waals surface area contributed by atoms with Gasteiger partial charge in [0, 0.05) is 29.3 Å². The Labute approximate surface area is 186 Å². The number of hydrogen-bond acceptors (Lipinski definition) is 5. The average molecular weight is 438 g/mol. The zero-order chi connectivity index (χ0) is 22.5. The third-order valence-corrected chi connectivity index (χ3v) is 6.46. The van der Waals surface area contributed by atoms with E-state index < -0.39 is 11.4 Å². The van der Waals surface area contributed by atoms with Gasteiger partial charge in [-0.1, -0.05) is 31.5 Å². The van der Waals surface area contributed by atoms with E-state index in [0.717, 1.165) is 27.0 Å². The highest BCUT2D eigenvalue weighted by atomic mass is 32.1. The predicted molar refractivity (Wildman–Crippen MR) is 123 cm³/mol. The molecule has 0 fully saturated rings. The number of rotatable bonds is 3. The summed E-state index contributed by atoms with van der Waals surface area (Å²) < 4.78 is 11.0. The number of ether oxygens (including phenoxy) is 1. The van der Waals surface area contributed by atoms with Crippen LogP contribution in [0.25, 0.3) is 15.8 Å². The van der Waals surface area contributed by atoms with Crippen molar-refractivity contribution < 1.29 is 14.3 Å². The monoisotopic (exact) mass is 437 g/mol. The van der Waals surface area contributed by atoms with E-state index in [0.29, 0.717) is 23.4 Å². The zero-order valence-corrected chi connectivity index (χ0v) is 19.5. The quantitative estimate of drug-likeness (QED) is 0.587. The molecule has 162 valence electrons. The molecule has 0 spiro atoms. The first-order valence-electron chi connectivity index (χ1n) is 10.4. The minimum Gasteiger partial charge on any atom is -0.459 e. The summed E-state index contributed by atoms with van der Waals surface area (Å²) in [6.07, 6.45) is 1.37. The Morgan fingerprint density at radius 3 is 2.52 bits per heavy atom. The smallest absolute Gasteiger partial charge is 0.342 e. The number of benzene rings is 1. The van der Waals surface area contributed by atoms with Crippen LogP contribution in [-0.2, 0) is 14.9 Å². The number of hydrogen-bond donors (Lipinski definition) is 1. The molecule has 2 aromatic heterocycles. The zero-order valence-electron chi connectivity index (χ0n) is 18.7. The van der Waals surface area contributed by atoms with Gasteiger partial charge in [-0.15, -0.1) is 0 Å². The first-order valence-corrected chi connectivity index (χ1v) is 11.1. The second kappa shape index (κ2) is 7.64. The van der Waals surface area contributed by atoms with E-state index in [9.17, 15) is 9.59 Å². The second-order valence-electron chi connectivity index (χ2n) is 9.03. The van der Waals surface area contributed by atoms with E-state index in [2.05, 4.69) is 23.2 Å². The van der Waals surface area contributed by atoms with Crippen LogP contribution in [0.2, 0.25) is 0 Å². The summed E-state index contributed by atoms with van der Waals surface area (Å²) in [6.45, 7) is 12.2. The van der Waals surface area contributed by atoms with Gasteiger partial charge in [0.15, 0.2) is 0 Å². The minimum atomic E-state index is -0.449. The molecule has 0 bridgehead atoms. The van der Waals surface area contributed by atoms with Crippen LogP contribution in [0.1, 0.15) is 60.6 Å². The highest BCUT2D eigenvalue weighted by Gasteiger charge is 2.38. The average Bonchev–Trinajstić information content (AvgIpc) is 3.21. The Morgan fingerprint density at radius 1 is 1.19 bits per heavy atom. The Hall–Kier alpha value is -2.93. The molecule has 0 saturated heterocycles. The summed E-state index contributed by atoms with van der Waals surface area (Å²) in [5, 5.41) is 0. The van der Waals surface area contributed by atoms with Gasteiger partial charge in [-0.05, 0) is 51.4 Å². The molecule has 0 unspecified atom stereocenters. The number of H-pyrrole nitrogens is 1. The van der Waals surface area contributed by atoms with Gasteiger partial charge in [-0.3, -0.25) is 4.79 Å². The lowest BCUT2D eigenvalue weighted by molar-refractivity contribution is -0.140. The van der Waals surface area contributed by atoms with Gasteiger partial charge in [-0.2, -0.15) is 4.37 Å². The van der Waals surface area contributed by atoms with Crippen molar-refractivity contribution in [3.05, 3.63) is 58.5 Å². The molecule has 0 atom stereocenters. The van der Waals surface area contributed by atoms with Crippen molar-refractivity contribution in [3.8, 4) is 0 Å². The fraction of sp³-hybridized carbons (Fsp3) is 0.375. The Balaban J connectivity index is 1.88. The van der Waals surface area contributed by atoms with Crippen molar-refractivity contribution in [2.45, 2.75) is 53.1 Å². The van der Waals surface area contributed by atoms with Crippen molar-refractivity contribution in [1.82, 2.24) is 14.3 Å². The maximum absolute atomic E-state index is 13.4. The van der Waals surface area contributed by atoms with Gasteiger partial charge >= 0.3 is 5.97 Å². The molecule has 0 saturated carbocycles. The largest absolute Gasteiger partial charge is 0.459 e. The molecule has 4 rings (SSSR count).